The lowest BCUT2D eigenvalue weighted by Crippen LogP contribution is -2.34. The number of imidazole rings is 1. The van der Waals surface area contributed by atoms with Gasteiger partial charge in [0.1, 0.15) is 18.3 Å². The molecule has 1 fully saturated rings. The lowest BCUT2D eigenvalue weighted by molar-refractivity contribution is -0.0742. The fourth-order valence-electron chi connectivity index (χ4n) is 4.01. The zero-order chi connectivity index (χ0) is 23.5. The average molecular weight is 467 g/mol. The van der Waals surface area contributed by atoms with Crippen molar-refractivity contribution >= 4 is 11.5 Å². The number of anilines is 1. The van der Waals surface area contributed by atoms with Gasteiger partial charge in [-0.15, -0.1) is 5.10 Å². The van der Waals surface area contributed by atoms with E-state index in [4.69, 9.17) is 19.9 Å². The molecule has 1 aliphatic rings. The van der Waals surface area contributed by atoms with Gasteiger partial charge in [-0.3, -0.25) is 0 Å². The van der Waals surface area contributed by atoms with Crippen molar-refractivity contribution in [3.05, 3.63) is 89.8 Å². The van der Waals surface area contributed by atoms with Gasteiger partial charge in [-0.1, -0.05) is 60.7 Å². The maximum absolute atomic E-state index is 15.7. The number of nitrogens with two attached hydrogens (primary N) is 1. The van der Waals surface area contributed by atoms with Crippen LogP contribution in [0.1, 0.15) is 22.9 Å². The first-order valence-corrected chi connectivity index (χ1v) is 10.8. The first-order valence-electron chi connectivity index (χ1n) is 10.8. The molecule has 0 saturated carbocycles. The van der Waals surface area contributed by atoms with E-state index in [1.54, 1.807) is 0 Å². The molecular formula is C24H23F2N5O3. The lowest BCUT2D eigenvalue weighted by atomic mass is 10.1. The van der Waals surface area contributed by atoms with Crippen molar-refractivity contribution in [2.45, 2.75) is 37.7 Å². The van der Waals surface area contributed by atoms with Crippen LogP contribution in [-0.4, -0.2) is 44.6 Å². The van der Waals surface area contributed by atoms with E-state index in [0.717, 1.165) is 15.6 Å². The van der Waals surface area contributed by atoms with Crippen LogP contribution in [0.25, 0.3) is 5.65 Å². The highest BCUT2D eigenvalue weighted by Gasteiger charge is 2.48. The minimum atomic E-state index is -1.58. The van der Waals surface area contributed by atoms with Gasteiger partial charge in [0.15, 0.2) is 17.6 Å². The van der Waals surface area contributed by atoms with Crippen LogP contribution in [-0.2, 0) is 27.4 Å². The molecule has 34 heavy (non-hydrogen) atoms. The highest BCUT2D eigenvalue weighted by molar-refractivity contribution is 5.59. The molecule has 10 heteroatoms. The molecule has 1 saturated heterocycles. The number of benzene rings is 2. The molecule has 4 atom stereocenters. The zero-order valence-electron chi connectivity index (χ0n) is 18.1. The molecule has 8 nitrogen and oxygen atoms in total. The van der Waals surface area contributed by atoms with Gasteiger partial charge < -0.3 is 19.9 Å². The largest absolute Gasteiger partial charge is 0.380 e. The minimum absolute atomic E-state index is 0.105. The summed E-state index contributed by atoms with van der Waals surface area (Å²) in [7, 11) is 0. The minimum Gasteiger partial charge on any atom is -0.380 e. The normalized spacial score (nSPS) is 22.4. The number of nitrogen functional groups attached to an aromatic ring is 1. The van der Waals surface area contributed by atoms with Crippen molar-refractivity contribution < 1.29 is 23.0 Å². The molecule has 0 radical (unpaired) electrons. The van der Waals surface area contributed by atoms with E-state index < -0.39 is 30.6 Å². The van der Waals surface area contributed by atoms with Gasteiger partial charge in [-0.25, -0.2) is 13.9 Å². The predicted octanol–water partition coefficient (Wildman–Crippen LogP) is 3.43. The summed E-state index contributed by atoms with van der Waals surface area (Å²) in [5.74, 6) is -0.147. The third-order valence-electron chi connectivity index (χ3n) is 5.65. The van der Waals surface area contributed by atoms with E-state index >= 15 is 4.39 Å². The summed E-state index contributed by atoms with van der Waals surface area (Å²) in [4.78, 5) is 7.57. The van der Waals surface area contributed by atoms with E-state index in [0.29, 0.717) is 6.61 Å². The Hall–Kier alpha value is -3.47. The third kappa shape index (κ3) is 4.60. The summed E-state index contributed by atoms with van der Waals surface area (Å²) < 4.78 is 48.5. The third-order valence-corrected chi connectivity index (χ3v) is 5.65. The molecular weight excluding hydrogens is 444 g/mol. The molecule has 176 valence electrons. The number of alkyl halides is 1. The van der Waals surface area contributed by atoms with E-state index in [2.05, 4.69) is 15.1 Å². The number of hydrogen-bond donors (Lipinski definition) is 1. The molecule has 2 aromatic heterocycles. The van der Waals surface area contributed by atoms with E-state index in [9.17, 15) is 4.39 Å². The van der Waals surface area contributed by atoms with Crippen molar-refractivity contribution in [1.29, 1.82) is 0 Å². The predicted molar refractivity (Wildman–Crippen MR) is 119 cm³/mol. The second-order valence-electron chi connectivity index (χ2n) is 7.99. The number of hydrogen-bond acceptors (Lipinski definition) is 7. The fraction of sp³-hybridized carbons (Fsp3) is 0.292. The Morgan fingerprint density at radius 2 is 1.68 bits per heavy atom. The van der Waals surface area contributed by atoms with Crippen LogP contribution in [0.5, 0.6) is 0 Å². The Labute approximate surface area is 194 Å². The second kappa shape index (κ2) is 9.80. The standard InChI is InChI=1S/C24H23F2N5O3/c25-19-20(17-11-28-23-22(27)29-24(26)30-31(17)23)34-18(14-32-12-15-7-3-1-4-8-15)21(19)33-13-16-9-5-2-6-10-16/h1-11,18-21H,12-14H2,(H2,27,29,30). The van der Waals surface area contributed by atoms with E-state index in [-0.39, 0.29) is 30.4 Å². The number of rotatable bonds is 8. The maximum Gasteiger partial charge on any atom is 0.328 e. The summed E-state index contributed by atoms with van der Waals surface area (Å²) in [5, 5.41) is 3.70. The lowest BCUT2D eigenvalue weighted by Gasteiger charge is -2.20. The summed E-state index contributed by atoms with van der Waals surface area (Å²) in [6, 6.07) is 19.1. The van der Waals surface area contributed by atoms with Crippen molar-refractivity contribution in [1.82, 2.24) is 19.6 Å². The van der Waals surface area contributed by atoms with Crippen LogP contribution in [0.4, 0.5) is 14.6 Å². The van der Waals surface area contributed by atoms with Crippen LogP contribution in [0, 0.1) is 6.08 Å². The first kappa shape index (κ1) is 22.3. The molecule has 0 aliphatic carbocycles. The quantitative estimate of drug-likeness (QED) is 0.424. The van der Waals surface area contributed by atoms with Gasteiger partial charge >= 0.3 is 6.08 Å². The fourth-order valence-corrected chi connectivity index (χ4v) is 4.01. The maximum atomic E-state index is 15.7. The smallest absolute Gasteiger partial charge is 0.328 e. The molecule has 4 unspecified atom stereocenters. The van der Waals surface area contributed by atoms with Crippen molar-refractivity contribution in [2.75, 3.05) is 12.3 Å². The number of fused-ring (bicyclic) bond motifs is 1. The molecule has 1 aliphatic heterocycles. The molecule has 5 rings (SSSR count). The summed E-state index contributed by atoms with van der Waals surface area (Å²) in [6.45, 7) is 0.653. The monoisotopic (exact) mass is 467 g/mol. The molecule has 2 N–H and O–H groups in total. The van der Waals surface area contributed by atoms with Gasteiger partial charge in [-0.2, -0.15) is 9.37 Å². The highest BCUT2D eigenvalue weighted by atomic mass is 19.1. The van der Waals surface area contributed by atoms with Crippen LogP contribution in [0.15, 0.2) is 66.9 Å². The van der Waals surface area contributed by atoms with Crippen molar-refractivity contribution in [3.8, 4) is 0 Å². The summed E-state index contributed by atoms with van der Waals surface area (Å²) in [6.07, 6.45) is -3.99. The van der Waals surface area contributed by atoms with Crippen molar-refractivity contribution in [3.63, 3.8) is 0 Å². The number of nitrogens with zero attached hydrogens (tertiary/aromatic N) is 4. The Morgan fingerprint density at radius 1 is 1.00 bits per heavy atom. The number of halogens is 2. The SMILES string of the molecule is Nc1nc(F)nn2c(C3OC(COCc4ccccc4)C(OCc4ccccc4)C3F)cnc12. The van der Waals surface area contributed by atoms with Crippen LogP contribution in [0.3, 0.4) is 0 Å². The zero-order valence-corrected chi connectivity index (χ0v) is 18.1. The molecule has 0 bridgehead atoms. The molecule has 2 aromatic carbocycles. The van der Waals surface area contributed by atoms with Crippen LogP contribution in [0.2, 0.25) is 0 Å². The Kier molecular flexibility index (Phi) is 6.43. The van der Waals surface area contributed by atoms with E-state index in [1.165, 1.54) is 6.20 Å². The molecule has 4 aromatic rings. The van der Waals surface area contributed by atoms with Gasteiger partial charge in [0.2, 0.25) is 0 Å². The molecule has 0 spiro atoms. The van der Waals surface area contributed by atoms with Crippen LogP contribution >= 0.6 is 0 Å². The molecule has 3 heterocycles. The average Bonchev–Trinajstić information content (AvgIpc) is 3.40. The topological polar surface area (TPSA) is 96.8 Å². The summed E-state index contributed by atoms with van der Waals surface area (Å²) >= 11 is 0. The summed E-state index contributed by atoms with van der Waals surface area (Å²) in [5.41, 5.74) is 7.97. The first-order chi connectivity index (χ1) is 16.6. The van der Waals surface area contributed by atoms with Gasteiger partial charge in [-0.05, 0) is 11.1 Å². The van der Waals surface area contributed by atoms with Gasteiger partial charge in [0.25, 0.3) is 0 Å². The number of aromatic nitrogens is 4. The number of ether oxygens (including phenoxy) is 3. The van der Waals surface area contributed by atoms with Crippen LogP contribution < -0.4 is 5.73 Å². The van der Waals surface area contributed by atoms with Crippen molar-refractivity contribution in [2.24, 2.45) is 0 Å². The van der Waals surface area contributed by atoms with E-state index in [1.807, 2.05) is 60.7 Å². The van der Waals surface area contributed by atoms with Gasteiger partial charge in [0.05, 0.1) is 31.7 Å². The molecule has 0 amide bonds. The Balaban J connectivity index is 1.36. The Bertz CT molecular complexity index is 1240. The Morgan fingerprint density at radius 3 is 2.38 bits per heavy atom. The van der Waals surface area contributed by atoms with Gasteiger partial charge in [0, 0.05) is 0 Å². The highest BCUT2D eigenvalue weighted by Crippen LogP contribution is 2.38. The second-order valence-corrected chi connectivity index (χ2v) is 7.99.